The second kappa shape index (κ2) is 3.99. The van der Waals surface area contributed by atoms with Crippen molar-refractivity contribution in [1.82, 2.24) is 14.6 Å². The summed E-state index contributed by atoms with van der Waals surface area (Å²) in [6, 6.07) is 4.51. The molecule has 0 bridgehead atoms. The van der Waals surface area contributed by atoms with Gasteiger partial charge < -0.3 is 5.32 Å². The molecule has 1 aliphatic carbocycles. The minimum absolute atomic E-state index is 0. The summed E-state index contributed by atoms with van der Waals surface area (Å²) in [5, 5.41) is 16.3. The Kier molecular flexibility index (Phi) is 2.67. The molecule has 1 N–H and O–H groups in total. The van der Waals surface area contributed by atoms with E-state index in [1.807, 2.05) is 6.07 Å². The van der Waals surface area contributed by atoms with Crippen LogP contribution in [-0.4, -0.2) is 20.6 Å². The number of rotatable bonds is 2. The Labute approximate surface area is 98.5 Å². The van der Waals surface area contributed by atoms with Crippen LogP contribution in [0.15, 0.2) is 18.5 Å². The zero-order valence-electron chi connectivity index (χ0n) is 8.42. The molecule has 2 heterocycles. The van der Waals surface area contributed by atoms with Crippen molar-refractivity contribution in [3.63, 3.8) is 0 Å². The first kappa shape index (κ1) is 10.7. The zero-order chi connectivity index (χ0) is 10.3. The van der Waals surface area contributed by atoms with Gasteiger partial charge >= 0.3 is 0 Å². The molecule has 0 aromatic carbocycles. The second-order valence-corrected chi connectivity index (χ2v) is 3.65. The summed E-state index contributed by atoms with van der Waals surface area (Å²) in [4.78, 5) is 4.14. The van der Waals surface area contributed by atoms with Gasteiger partial charge in [0.05, 0.1) is 6.20 Å². The maximum atomic E-state index is 8.85. The van der Waals surface area contributed by atoms with E-state index in [0.717, 1.165) is 5.82 Å². The number of halogens is 1. The molecule has 1 aliphatic rings. The molecule has 5 nitrogen and oxygen atoms in total. The second-order valence-electron chi connectivity index (χ2n) is 3.65. The van der Waals surface area contributed by atoms with Gasteiger partial charge in [0, 0.05) is 12.2 Å². The van der Waals surface area contributed by atoms with Gasteiger partial charge in [-0.25, -0.2) is 4.98 Å². The average Bonchev–Trinajstić information content (AvgIpc) is 2.97. The van der Waals surface area contributed by atoms with Crippen LogP contribution in [0.2, 0.25) is 0 Å². The van der Waals surface area contributed by atoms with Crippen LogP contribution >= 0.6 is 12.4 Å². The molecule has 0 unspecified atom stereocenters. The van der Waals surface area contributed by atoms with E-state index < -0.39 is 0 Å². The van der Waals surface area contributed by atoms with Crippen molar-refractivity contribution in [2.75, 3.05) is 5.32 Å². The van der Waals surface area contributed by atoms with E-state index in [1.54, 1.807) is 16.9 Å². The van der Waals surface area contributed by atoms with Crippen molar-refractivity contribution in [2.45, 2.75) is 18.9 Å². The topological polar surface area (TPSA) is 66.0 Å². The van der Waals surface area contributed by atoms with E-state index in [-0.39, 0.29) is 12.4 Å². The number of hydrogen-bond acceptors (Lipinski definition) is 4. The van der Waals surface area contributed by atoms with E-state index in [2.05, 4.69) is 21.5 Å². The lowest BCUT2D eigenvalue weighted by atomic mass is 10.4. The SMILES string of the molecule is Cl.N#Cc1cnn2c(NC3CC3)ccnc12. The first-order valence-corrected chi connectivity index (χ1v) is 4.88. The van der Waals surface area contributed by atoms with E-state index in [0.29, 0.717) is 17.3 Å². The molecular weight excluding hydrogens is 226 g/mol. The van der Waals surface area contributed by atoms with Gasteiger partial charge in [-0.2, -0.15) is 14.9 Å². The number of anilines is 1. The minimum Gasteiger partial charge on any atom is -0.367 e. The fourth-order valence-corrected chi connectivity index (χ4v) is 1.52. The van der Waals surface area contributed by atoms with Gasteiger partial charge in [-0.05, 0) is 18.9 Å². The molecule has 1 saturated carbocycles. The normalized spacial score (nSPS) is 14.2. The Morgan fingerprint density at radius 3 is 3.00 bits per heavy atom. The number of nitrogens with zero attached hydrogens (tertiary/aromatic N) is 4. The third kappa shape index (κ3) is 1.68. The molecule has 82 valence electrons. The maximum Gasteiger partial charge on any atom is 0.175 e. The molecule has 0 aliphatic heterocycles. The van der Waals surface area contributed by atoms with Crippen LogP contribution in [-0.2, 0) is 0 Å². The van der Waals surface area contributed by atoms with Crippen molar-refractivity contribution in [3.05, 3.63) is 24.0 Å². The Morgan fingerprint density at radius 2 is 2.31 bits per heavy atom. The summed E-state index contributed by atoms with van der Waals surface area (Å²) < 4.78 is 1.68. The molecule has 0 spiro atoms. The van der Waals surface area contributed by atoms with Crippen molar-refractivity contribution >= 4 is 23.9 Å². The molecule has 0 radical (unpaired) electrons. The highest BCUT2D eigenvalue weighted by molar-refractivity contribution is 5.85. The molecule has 0 saturated heterocycles. The predicted octanol–water partition coefficient (Wildman–Crippen LogP) is 1.60. The minimum atomic E-state index is 0. The van der Waals surface area contributed by atoms with Gasteiger partial charge in [-0.1, -0.05) is 0 Å². The van der Waals surface area contributed by atoms with Crippen LogP contribution in [0.25, 0.3) is 5.65 Å². The molecule has 16 heavy (non-hydrogen) atoms. The van der Waals surface area contributed by atoms with Gasteiger partial charge in [0.25, 0.3) is 0 Å². The Hall–Kier alpha value is -1.80. The van der Waals surface area contributed by atoms with Crippen molar-refractivity contribution in [1.29, 1.82) is 5.26 Å². The van der Waals surface area contributed by atoms with Gasteiger partial charge in [0.15, 0.2) is 5.65 Å². The molecule has 0 amide bonds. The molecule has 0 atom stereocenters. The van der Waals surface area contributed by atoms with E-state index in [1.165, 1.54) is 12.8 Å². The summed E-state index contributed by atoms with van der Waals surface area (Å²) >= 11 is 0. The lowest BCUT2D eigenvalue weighted by molar-refractivity contribution is 0.924. The summed E-state index contributed by atoms with van der Waals surface area (Å²) in [6.07, 6.45) is 5.65. The summed E-state index contributed by atoms with van der Waals surface area (Å²) in [7, 11) is 0. The fraction of sp³-hybridized carbons (Fsp3) is 0.300. The Bertz CT molecular complexity index is 552. The maximum absolute atomic E-state index is 8.85. The predicted molar refractivity (Wildman–Crippen MR) is 61.6 cm³/mol. The van der Waals surface area contributed by atoms with E-state index in [4.69, 9.17) is 5.26 Å². The zero-order valence-corrected chi connectivity index (χ0v) is 9.24. The number of aromatic nitrogens is 3. The highest BCUT2D eigenvalue weighted by Gasteiger charge is 2.22. The Morgan fingerprint density at radius 1 is 1.50 bits per heavy atom. The van der Waals surface area contributed by atoms with Crippen molar-refractivity contribution in [2.24, 2.45) is 0 Å². The van der Waals surface area contributed by atoms with Crippen LogP contribution < -0.4 is 5.32 Å². The van der Waals surface area contributed by atoms with Crippen LogP contribution in [0.3, 0.4) is 0 Å². The van der Waals surface area contributed by atoms with Gasteiger partial charge in [-0.15, -0.1) is 12.4 Å². The molecule has 1 fully saturated rings. The first-order chi connectivity index (χ1) is 7.38. The number of fused-ring (bicyclic) bond motifs is 1. The standard InChI is InChI=1S/C10H9N5.ClH/c11-5-7-6-13-15-9(14-8-1-2-8)3-4-12-10(7)15;/h3-4,6,8,14H,1-2H2;1H. The lowest BCUT2D eigenvalue weighted by Crippen LogP contribution is -2.07. The third-order valence-electron chi connectivity index (χ3n) is 2.45. The van der Waals surface area contributed by atoms with Crippen LogP contribution in [0.5, 0.6) is 0 Å². The van der Waals surface area contributed by atoms with Crippen molar-refractivity contribution in [3.8, 4) is 6.07 Å². The van der Waals surface area contributed by atoms with Crippen LogP contribution in [0.4, 0.5) is 5.82 Å². The first-order valence-electron chi connectivity index (χ1n) is 4.88. The fourth-order valence-electron chi connectivity index (χ4n) is 1.52. The molecule has 3 rings (SSSR count). The monoisotopic (exact) mass is 235 g/mol. The average molecular weight is 236 g/mol. The van der Waals surface area contributed by atoms with E-state index >= 15 is 0 Å². The smallest absolute Gasteiger partial charge is 0.175 e. The van der Waals surface area contributed by atoms with Gasteiger partial charge in [0.1, 0.15) is 17.5 Å². The third-order valence-corrected chi connectivity index (χ3v) is 2.45. The molecule has 6 heteroatoms. The quantitative estimate of drug-likeness (QED) is 0.859. The highest BCUT2D eigenvalue weighted by atomic mass is 35.5. The summed E-state index contributed by atoms with van der Waals surface area (Å²) in [5.41, 5.74) is 1.12. The molecule has 2 aromatic rings. The van der Waals surface area contributed by atoms with E-state index in [9.17, 15) is 0 Å². The highest BCUT2D eigenvalue weighted by Crippen LogP contribution is 2.24. The van der Waals surface area contributed by atoms with Crippen LogP contribution in [0, 0.1) is 11.3 Å². The van der Waals surface area contributed by atoms with Crippen LogP contribution in [0.1, 0.15) is 18.4 Å². The number of hydrogen-bond donors (Lipinski definition) is 1. The number of nitriles is 1. The van der Waals surface area contributed by atoms with Crippen molar-refractivity contribution < 1.29 is 0 Å². The number of nitrogens with one attached hydrogen (secondary N) is 1. The Balaban J connectivity index is 0.000000963. The summed E-state index contributed by atoms with van der Waals surface area (Å²) in [5.74, 6) is 0.906. The molecular formula is C10H10ClN5. The summed E-state index contributed by atoms with van der Waals surface area (Å²) in [6.45, 7) is 0. The molecule has 2 aromatic heterocycles. The van der Waals surface area contributed by atoms with Gasteiger partial charge in [-0.3, -0.25) is 0 Å². The lowest BCUT2D eigenvalue weighted by Gasteiger charge is -2.05. The largest absolute Gasteiger partial charge is 0.367 e. The van der Waals surface area contributed by atoms with Gasteiger partial charge in [0.2, 0.25) is 0 Å².